The number of methoxy groups -OCH3 is 1. The van der Waals surface area contributed by atoms with Gasteiger partial charge < -0.3 is 9.30 Å². The number of rotatable bonds is 5. The van der Waals surface area contributed by atoms with Gasteiger partial charge in [0.25, 0.3) is 0 Å². The summed E-state index contributed by atoms with van der Waals surface area (Å²) in [5, 5.41) is 0. The van der Waals surface area contributed by atoms with Crippen LogP contribution >= 0.6 is 11.3 Å². The predicted octanol–water partition coefficient (Wildman–Crippen LogP) is 1.75. The number of benzene rings is 1. The van der Waals surface area contributed by atoms with Gasteiger partial charge in [-0.05, 0) is 24.1 Å². The van der Waals surface area contributed by atoms with Gasteiger partial charge in [-0.3, -0.25) is 9.59 Å². The lowest BCUT2D eigenvalue weighted by Crippen LogP contribution is -2.22. The Bertz CT molecular complexity index is 984. The zero-order valence-corrected chi connectivity index (χ0v) is 16.1. The number of amides is 1. The van der Waals surface area contributed by atoms with Crippen molar-refractivity contribution in [2.45, 2.75) is 31.7 Å². The van der Waals surface area contributed by atoms with Crippen LogP contribution in [0, 0.1) is 5.92 Å². The molecule has 2 rings (SSSR count). The van der Waals surface area contributed by atoms with Crippen LogP contribution in [0.5, 0.6) is 0 Å². The summed E-state index contributed by atoms with van der Waals surface area (Å²) >= 11 is 1.17. The fourth-order valence-electron chi connectivity index (χ4n) is 2.22. The molecule has 0 aliphatic rings. The van der Waals surface area contributed by atoms with Gasteiger partial charge in [0, 0.05) is 12.7 Å². The first-order valence-electron chi connectivity index (χ1n) is 7.59. The molecule has 0 spiro atoms. The first kappa shape index (κ1) is 19.3. The third-order valence-corrected chi connectivity index (χ3v) is 5.55. The molecular weight excluding hydrogens is 364 g/mol. The number of fused-ring (bicyclic) bond motifs is 1. The topological polar surface area (TPSA) is 94.8 Å². The molecule has 25 heavy (non-hydrogen) atoms. The first-order valence-corrected chi connectivity index (χ1v) is 10.3. The first-order chi connectivity index (χ1) is 11.6. The van der Waals surface area contributed by atoms with Gasteiger partial charge in [-0.15, -0.1) is 0 Å². The Hall–Kier alpha value is -2.00. The molecule has 1 aromatic heterocycles. The smallest absolute Gasteiger partial charge is 0.325 e. The van der Waals surface area contributed by atoms with E-state index in [0.717, 1.165) is 6.26 Å². The molecule has 0 fully saturated rings. The van der Waals surface area contributed by atoms with Crippen LogP contribution in [-0.2, 0) is 30.7 Å². The Morgan fingerprint density at radius 2 is 2.00 bits per heavy atom. The van der Waals surface area contributed by atoms with Gasteiger partial charge in [-0.1, -0.05) is 25.2 Å². The Morgan fingerprint density at radius 3 is 2.56 bits per heavy atom. The standard InChI is InChI=1S/C16H20N2O5S2/c1-10(2)7-14(19)17-16-18(9-15(20)23-3)12-6-5-11(25(4,21)22)8-13(12)24-16/h5-6,8,10H,7,9H2,1-4H3. The lowest BCUT2D eigenvalue weighted by Gasteiger charge is -2.04. The van der Waals surface area contributed by atoms with E-state index in [4.69, 9.17) is 4.74 Å². The van der Waals surface area contributed by atoms with E-state index in [1.54, 1.807) is 10.6 Å². The lowest BCUT2D eigenvalue weighted by molar-refractivity contribution is -0.141. The maximum Gasteiger partial charge on any atom is 0.325 e. The molecule has 0 N–H and O–H groups in total. The fraction of sp³-hybridized carbons (Fsp3) is 0.438. The minimum Gasteiger partial charge on any atom is -0.468 e. The summed E-state index contributed by atoms with van der Waals surface area (Å²) in [6, 6.07) is 4.60. The number of ether oxygens (including phenoxy) is 1. The summed E-state index contributed by atoms with van der Waals surface area (Å²) in [7, 11) is -2.08. The molecule has 136 valence electrons. The lowest BCUT2D eigenvalue weighted by atomic mass is 10.1. The molecule has 0 bridgehead atoms. The zero-order valence-electron chi connectivity index (χ0n) is 14.5. The minimum atomic E-state index is -3.36. The Kier molecular flexibility index (Phi) is 5.79. The van der Waals surface area contributed by atoms with Crippen molar-refractivity contribution in [1.82, 2.24) is 4.57 Å². The molecule has 0 saturated heterocycles. The van der Waals surface area contributed by atoms with Gasteiger partial charge in [0.2, 0.25) is 5.91 Å². The minimum absolute atomic E-state index is 0.109. The van der Waals surface area contributed by atoms with Gasteiger partial charge in [-0.2, -0.15) is 4.99 Å². The maximum atomic E-state index is 12.0. The van der Waals surface area contributed by atoms with Crippen LogP contribution in [0.15, 0.2) is 28.1 Å². The highest BCUT2D eigenvalue weighted by Gasteiger charge is 2.15. The van der Waals surface area contributed by atoms with Crippen LogP contribution in [-0.4, -0.2) is 38.2 Å². The summed E-state index contributed by atoms with van der Waals surface area (Å²) in [6.45, 7) is 3.72. The van der Waals surface area contributed by atoms with Crippen molar-refractivity contribution >= 4 is 43.3 Å². The summed E-state index contributed by atoms with van der Waals surface area (Å²) in [5.41, 5.74) is 0.624. The van der Waals surface area contributed by atoms with Crippen LogP contribution < -0.4 is 4.80 Å². The van der Waals surface area contributed by atoms with E-state index in [2.05, 4.69) is 4.99 Å². The fourth-order valence-corrected chi connectivity index (χ4v) is 4.03. The van der Waals surface area contributed by atoms with Crippen molar-refractivity contribution in [3.05, 3.63) is 23.0 Å². The number of nitrogens with zero attached hydrogens (tertiary/aromatic N) is 2. The van der Waals surface area contributed by atoms with Crippen LogP contribution in [0.3, 0.4) is 0 Å². The second-order valence-electron chi connectivity index (χ2n) is 6.05. The summed E-state index contributed by atoms with van der Waals surface area (Å²) < 4.78 is 30.4. The Balaban J connectivity index is 2.65. The van der Waals surface area contributed by atoms with Crippen molar-refractivity contribution in [1.29, 1.82) is 0 Å². The van der Waals surface area contributed by atoms with E-state index >= 15 is 0 Å². The molecule has 0 radical (unpaired) electrons. The van der Waals surface area contributed by atoms with Gasteiger partial charge in [-0.25, -0.2) is 8.42 Å². The van der Waals surface area contributed by atoms with Gasteiger partial charge in [0.15, 0.2) is 14.6 Å². The van der Waals surface area contributed by atoms with E-state index in [0.29, 0.717) is 21.4 Å². The molecular formula is C16H20N2O5S2. The summed E-state index contributed by atoms with van der Waals surface area (Å²) in [5.74, 6) is -0.607. The van der Waals surface area contributed by atoms with Crippen molar-refractivity contribution < 1.29 is 22.7 Å². The number of sulfone groups is 1. The van der Waals surface area contributed by atoms with Gasteiger partial charge >= 0.3 is 5.97 Å². The van der Waals surface area contributed by atoms with E-state index in [-0.39, 0.29) is 23.3 Å². The average Bonchev–Trinajstić information content (AvgIpc) is 2.82. The van der Waals surface area contributed by atoms with Crippen LogP contribution in [0.4, 0.5) is 0 Å². The predicted molar refractivity (Wildman–Crippen MR) is 95.0 cm³/mol. The number of hydrogen-bond donors (Lipinski definition) is 0. The molecule has 0 atom stereocenters. The van der Waals surface area contributed by atoms with E-state index < -0.39 is 15.8 Å². The molecule has 1 heterocycles. The second-order valence-corrected chi connectivity index (χ2v) is 9.08. The van der Waals surface area contributed by atoms with Gasteiger partial charge in [0.05, 0.1) is 22.2 Å². The molecule has 0 unspecified atom stereocenters. The van der Waals surface area contributed by atoms with Crippen LogP contribution in [0.2, 0.25) is 0 Å². The zero-order chi connectivity index (χ0) is 18.8. The molecule has 0 aliphatic carbocycles. The maximum absolute atomic E-state index is 12.0. The number of esters is 1. The largest absolute Gasteiger partial charge is 0.468 e. The number of thiazole rings is 1. The number of carbonyl (C=O) groups is 2. The molecule has 1 amide bonds. The Labute approximate surface area is 149 Å². The highest BCUT2D eigenvalue weighted by atomic mass is 32.2. The third-order valence-electron chi connectivity index (χ3n) is 3.40. The van der Waals surface area contributed by atoms with Crippen molar-refractivity contribution in [3.63, 3.8) is 0 Å². The second kappa shape index (κ2) is 7.49. The van der Waals surface area contributed by atoms with Crippen molar-refractivity contribution in [2.75, 3.05) is 13.4 Å². The molecule has 2 aromatic rings. The van der Waals surface area contributed by atoms with Crippen molar-refractivity contribution in [2.24, 2.45) is 10.9 Å². The average molecular weight is 384 g/mol. The molecule has 0 aliphatic heterocycles. The normalized spacial score (nSPS) is 12.8. The molecule has 9 heteroatoms. The number of carbonyl (C=O) groups excluding carboxylic acids is 2. The quantitative estimate of drug-likeness (QED) is 0.732. The summed E-state index contributed by atoms with van der Waals surface area (Å²) in [4.78, 5) is 28.4. The molecule has 1 aromatic carbocycles. The molecule has 7 nitrogen and oxygen atoms in total. The SMILES string of the molecule is COC(=O)Cn1c(=NC(=O)CC(C)C)sc2cc(S(C)(=O)=O)ccc21. The third kappa shape index (κ3) is 4.76. The van der Waals surface area contributed by atoms with E-state index in [1.807, 2.05) is 13.8 Å². The highest BCUT2D eigenvalue weighted by Crippen LogP contribution is 2.22. The Morgan fingerprint density at radius 1 is 1.32 bits per heavy atom. The summed E-state index contributed by atoms with van der Waals surface area (Å²) in [6.07, 6.45) is 1.42. The molecule has 0 saturated carbocycles. The van der Waals surface area contributed by atoms with E-state index in [1.165, 1.54) is 30.6 Å². The highest BCUT2D eigenvalue weighted by molar-refractivity contribution is 7.90. The van der Waals surface area contributed by atoms with Crippen LogP contribution in [0.25, 0.3) is 10.2 Å². The monoisotopic (exact) mass is 384 g/mol. The number of hydrogen-bond acceptors (Lipinski definition) is 6. The van der Waals surface area contributed by atoms with Crippen molar-refractivity contribution in [3.8, 4) is 0 Å². The van der Waals surface area contributed by atoms with E-state index in [9.17, 15) is 18.0 Å². The van der Waals surface area contributed by atoms with Crippen LogP contribution in [0.1, 0.15) is 20.3 Å². The number of aromatic nitrogens is 1. The van der Waals surface area contributed by atoms with Gasteiger partial charge in [0.1, 0.15) is 6.54 Å².